The molecule has 1 rings (SSSR count). The van der Waals surface area contributed by atoms with Crippen LogP contribution in [0.1, 0.15) is 16.1 Å². The average molecular weight is 376 g/mol. The highest BCUT2D eigenvalue weighted by Gasteiger charge is 2.34. The van der Waals surface area contributed by atoms with E-state index in [9.17, 15) is 18.0 Å². The molecule has 0 saturated heterocycles. The van der Waals surface area contributed by atoms with Crippen LogP contribution < -0.4 is 10.5 Å². The number of carbonyl (C=O) groups excluding carboxylic acids is 1. The molecule has 0 aliphatic heterocycles. The number of carbonyl (C=O) groups is 1. The molecular formula is C9H8F3IN2O3. The Morgan fingerprint density at radius 2 is 2.17 bits per heavy atom. The standard InChI is InChI=1S/C9H8F3IN2O3/c1-17-8(16)6-5(18-9(10,11)12)2-4(3-14)15-7(6)13/h2H,3,14H2,1H3. The lowest BCUT2D eigenvalue weighted by Crippen LogP contribution is -2.21. The Balaban J connectivity index is 3.34. The molecule has 0 fully saturated rings. The minimum absolute atomic E-state index is 0.0293. The molecule has 1 aromatic rings. The Bertz CT molecular complexity index is 465. The van der Waals surface area contributed by atoms with E-state index in [1.54, 1.807) is 22.6 Å². The van der Waals surface area contributed by atoms with E-state index < -0.39 is 18.1 Å². The van der Waals surface area contributed by atoms with Crippen LogP contribution >= 0.6 is 22.6 Å². The Morgan fingerprint density at radius 3 is 2.61 bits per heavy atom. The van der Waals surface area contributed by atoms with Crippen molar-refractivity contribution in [3.63, 3.8) is 0 Å². The fourth-order valence-corrected chi connectivity index (χ4v) is 1.93. The van der Waals surface area contributed by atoms with Crippen molar-refractivity contribution in [3.05, 3.63) is 21.0 Å². The molecule has 1 heterocycles. The van der Waals surface area contributed by atoms with Crippen molar-refractivity contribution in [3.8, 4) is 5.75 Å². The van der Waals surface area contributed by atoms with Gasteiger partial charge in [-0.05, 0) is 22.6 Å². The lowest BCUT2D eigenvalue weighted by molar-refractivity contribution is -0.274. The zero-order valence-corrected chi connectivity index (χ0v) is 11.2. The van der Waals surface area contributed by atoms with Crippen LogP contribution in [0.25, 0.3) is 0 Å². The maximum atomic E-state index is 12.2. The zero-order valence-electron chi connectivity index (χ0n) is 9.05. The molecule has 100 valence electrons. The summed E-state index contributed by atoms with van der Waals surface area (Å²) in [5, 5.41) is 0. The molecule has 5 nitrogen and oxygen atoms in total. The molecule has 0 amide bonds. The number of hydrogen-bond donors (Lipinski definition) is 1. The van der Waals surface area contributed by atoms with Gasteiger partial charge in [0.25, 0.3) is 0 Å². The first-order chi connectivity index (χ1) is 8.28. The van der Waals surface area contributed by atoms with E-state index >= 15 is 0 Å². The number of alkyl halides is 3. The van der Waals surface area contributed by atoms with E-state index in [-0.39, 0.29) is 21.5 Å². The molecule has 0 unspecified atom stereocenters. The van der Waals surface area contributed by atoms with Crippen LogP contribution in [0, 0.1) is 3.70 Å². The zero-order chi connectivity index (χ0) is 13.9. The van der Waals surface area contributed by atoms with Gasteiger partial charge in [0.1, 0.15) is 15.0 Å². The van der Waals surface area contributed by atoms with Crippen LogP contribution in [-0.4, -0.2) is 24.4 Å². The van der Waals surface area contributed by atoms with Crippen molar-refractivity contribution < 1.29 is 27.4 Å². The van der Waals surface area contributed by atoms with Crippen LogP contribution in [0.15, 0.2) is 6.07 Å². The second-order valence-corrected chi connectivity index (χ2v) is 4.04. The van der Waals surface area contributed by atoms with Gasteiger partial charge in [-0.15, -0.1) is 13.2 Å². The van der Waals surface area contributed by atoms with Crippen molar-refractivity contribution in [2.45, 2.75) is 12.9 Å². The highest BCUT2D eigenvalue weighted by Crippen LogP contribution is 2.30. The lowest BCUT2D eigenvalue weighted by atomic mass is 10.2. The minimum Gasteiger partial charge on any atom is -0.465 e. The molecule has 18 heavy (non-hydrogen) atoms. The Kier molecular flexibility index (Phi) is 4.73. The van der Waals surface area contributed by atoms with Crippen molar-refractivity contribution in [1.82, 2.24) is 4.98 Å². The van der Waals surface area contributed by atoms with Gasteiger partial charge in [-0.25, -0.2) is 9.78 Å². The van der Waals surface area contributed by atoms with Gasteiger partial charge < -0.3 is 15.2 Å². The van der Waals surface area contributed by atoms with Gasteiger partial charge in [0.05, 0.1) is 12.8 Å². The number of nitrogens with two attached hydrogens (primary N) is 1. The Hall–Kier alpha value is -1.10. The Morgan fingerprint density at radius 1 is 1.56 bits per heavy atom. The number of pyridine rings is 1. The van der Waals surface area contributed by atoms with E-state index in [0.29, 0.717) is 0 Å². The van der Waals surface area contributed by atoms with Crippen molar-refractivity contribution in [2.75, 3.05) is 7.11 Å². The molecule has 9 heteroatoms. The second kappa shape index (κ2) is 5.69. The summed E-state index contributed by atoms with van der Waals surface area (Å²) in [6, 6.07) is 0.960. The van der Waals surface area contributed by atoms with Gasteiger partial charge in [0, 0.05) is 12.6 Å². The van der Waals surface area contributed by atoms with Gasteiger partial charge in [-0.2, -0.15) is 0 Å². The van der Waals surface area contributed by atoms with Gasteiger partial charge in [0.15, 0.2) is 0 Å². The van der Waals surface area contributed by atoms with E-state index in [2.05, 4.69) is 14.5 Å². The summed E-state index contributed by atoms with van der Waals surface area (Å²) in [6.07, 6.45) is -4.92. The van der Waals surface area contributed by atoms with Gasteiger partial charge >= 0.3 is 12.3 Å². The number of halogens is 4. The topological polar surface area (TPSA) is 74.4 Å². The van der Waals surface area contributed by atoms with Crippen LogP contribution in [0.5, 0.6) is 5.75 Å². The van der Waals surface area contributed by atoms with E-state index in [1.165, 1.54) is 0 Å². The highest BCUT2D eigenvalue weighted by atomic mass is 127. The minimum atomic E-state index is -4.92. The SMILES string of the molecule is COC(=O)c1c(OC(F)(F)F)cc(CN)nc1I. The number of aromatic nitrogens is 1. The third kappa shape index (κ3) is 3.70. The summed E-state index contributed by atoms with van der Waals surface area (Å²) in [5.41, 5.74) is 5.08. The quantitative estimate of drug-likeness (QED) is 0.495. The normalized spacial score (nSPS) is 11.2. The smallest absolute Gasteiger partial charge is 0.465 e. The molecule has 0 spiro atoms. The van der Waals surface area contributed by atoms with Crippen molar-refractivity contribution >= 4 is 28.6 Å². The number of esters is 1. The average Bonchev–Trinajstić information content (AvgIpc) is 2.25. The molecule has 0 aliphatic carbocycles. The monoisotopic (exact) mass is 376 g/mol. The molecule has 0 aromatic carbocycles. The number of rotatable bonds is 3. The summed E-state index contributed by atoms with van der Waals surface area (Å²) in [4.78, 5) is 15.3. The fraction of sp³-hybridized carbons (Fsp3) is 0.333. The molecular weight excluding hydrogens is 368 g/mol. The summed E-state index contributed by atoms with van der Waals surface area (Å²) < 4.78 is 44.9. The molecule has 2 N–H and O–H groups in total. The van der Waals surface area contributed by atoms with Crippen LogP contribution in [0.3, 0.4) is 0 Å². The maximum absolute atomic E-state index is 12.2. The molecule has 0 saturated carbocycles. The lowest BCUT2D eigenvalue weighted by Gasteiger charge is -2.14. The maximum Gasteiger partial charge on any atom is 0.573 e. The number of hydrogen-bond acceptors (Lipinski definition) is 5. The van der Waals surface area contributed by atoms with Gasteiger partial charge in [0.2, 0.25) is 0 Å². The second-order valence-electron chi connectivity index (χ2n) is 3.02. The highest BCUT2D eigenvalue weighted by molar-refractivity contribution is 14.1. The molecule has 0 atom stereocenters. The molecule has 0 aliphatic rings. The fourth-order valence-electron chi connectivity index (χ4n) is 1.14. The third-order valence-corrected chi connectivity index (χ3v) is 2.60. The van der Waals surface area contributed by atoms with Crippen molar-refractivity contribution in [1.29, 1.82) is 0 Å². The summed E-state index contributed by atoms with van der Waals surface area (Å²) in [6.45, 7) is -0.0777. The predicted molar refractivity (Wildman–Crippen MR) is 62.9 cm³/mol. The molecule has 0 bridgehead atoms. The Labute approximate surface area is 114 Å². The predicted octanol–water partition coefficient (Wildman–Crippen LogP) is 1.83. The first-order valence-electron chi connectivity index (χ1n) is 4.52. The van der Waals surface area contributed by atoms with E-state index in [0.717, 1.165) is 13.2 Å². The van der Waals surface area contributed by atoms with Gasteiger partial charge in [-0.1, -0.05) is 0 Å². The first kappa shape index (κ1) is 15.0. The van der Waals surface area contributed by atoms with Crippen LogP contribution in [-0.2, 0) is 11.3 Å². The largest absolute Gasteiger partial charge is 0.573 e. The summed E-state index contributed by atoms with van der Waals surface area (Å²) >= 11 is 1.61. The number of methoxy groups -OCH3 is 1. The summed E-state index contributed by atoms with van der Waals surface area (Å²) in [7, 11) is 1.05. The first-order valence-corrected chi connectivity index (χ1v) is 5.60. The van der Waals surface area contributed by atoms with E-state index in [1.807, 2.05) is 0 Å². The van der Waals surface area contributed by atoms with Crippen LogP contribution in [0.2, 0.25) is 0 Å². The third-order valence-electron chi connectivity index (χ3n) is 1.82. The molecule has 1 aromatic heterocycles. The molecule has 0 radical (unpaired) electrons. The van der Waals surface area contributed by atoms with Crippen LogP contribution in [0.4, 0.5) is 13.2 Å². The van der Waals surface area contributed by atoms with E-state index in [4.69, 9.17) is 5.73 Å². The van der Waals surface area contributed by atoms with Crippen molar-refractivity contribution in [2.24, 2.45) is 5.73 Å². The summed E-state index contributed by atoms with van der Waals surface area (Å²) in [5.74, 6) is -1.64. The number of nitrogens with zero attached hydrogens (tertiary/aromatic N) is 1. The number of ether oxygens (including phenoxy) is 2. The van der Waals surface area contributed by atoms with Gasteiger partial charge in [-0.3, -0.25) is 0 Å².